The fourth-order valence-electron chi connectivity index (χ4n) is 2.25. The van der Waals surface area contributed by atoms with E-state index in [1.807, 2.05) is 0 Å². The third-order valence-corrected chi connectivity index (χ3v) is 3.63. The molecule has 1 amide bonds. The number of nitrogens with zero attached hydrogens (tertiary/aromatic N) is 2. The first kappa shape index (κ1) is 17.4. The first-order valence-electron chi connectivity index (χ1n) is 7.51. The average molecular weight is 358 g/mol. The number of carbonyl (C=O) groups is 1. The molecule has 0 aliphatic heterocycles. The van der Waals surface area contributed by atoms with Crippen LogP contribution in [0.15, 0.2) is 54.9 Å². The highest BCUT2D eigenvalue weighted by Crippen LogP contribution is 2.27. The van der Waals surface area contributed by atoms with Crippen molar-refractivity contribution in [1.82, 2.24) is 9.97 Å². The van der Waals surface area contributed by atoms with Crippen LogP contribution in [0.25, 0.3) is 11.1 Å². The predicted molar refractivity (Wildman–Crippen MR) is 91.2 cm³/mol. The number of hydrogen-bond acceptors (Lipinski definition) is 4. The van der Waals surface area contributed by atoms with Gasteiger partial charge >= 0.3 is 0 Å². The fourth-order valence-corrected chi connectivity index (χ4v) is 2.25. The molecule has 0 spiro atoms. The minimum Gasteiger partial charge on any atom is -0.397 e. The normalized spacial score (nSPS) is 10.8. The van der Waals surface area contributed by atoms with E-state index in [0.29, 0.717) is 22.5 Å². The number of rotatable bonds is 4. The summed E-state index contributed by atoms with van der Waals surface area (Å²) in [7, 11) is 0. The van der Waals surface area contributed by atoms with Crippen molar-refractivity contribution in [1.29, 1.82) is 0 Å². The molecular formula is C18H13F3N4O. The number of nitrogens with one attached hydrogen (secondary N) is 1. The van der Waals surface area contributed by atoms with Crippen molar-refractivity contribution in [2.24, 2.45) is 0 Å². The second kappa shape index (κ2) is 7.22. The van der Waals surface area contributed by atoms with E-state index in [-0.39, 0.29) is 11.3 Å². The molecular weight excluding hydrogens is 345 g/mol. The Labute approximate surface area is 146 Å². The number of anilines is 2. The Bertz CT molecular complexity index is 928. The van der Waals surface area contributed by atoms with E-state index < -0.39 is 18.3 Å². The molecule has 132 valence electrons. The summed E-state index contributed by atoms with van der Waals surface area (Å²) in [5, 5.41) is 2.59. The summed E-state index contributed by atoms with van der Waals surface area (Å²) in [6.45, 7) is 0. The fraction of sp³-hybridized carbons (Fsp3) is 0.0556. The molecule has 3 rings (SSSR count). The molecule has 0 unspecified atom stereocenters. The number of alkyl halides is 2. The standard InChI is InChI=1S/C18H13F3N4O/c19-16-6-3-11(8-24-16)10-1-4-13(22)15(7-10)25-18(26)14-5-2-12(9-23-14)17(20)21/h1-9,17H,22H2,(H,25,26). The summed E-state index contributed by atoms with van der Waals surface area (Å²) in [5.41, 5.74) is 7.51. The van der Waals surface area contributed by atoms with E-state index in [4.69, 9.17) is 5.73 Å². The maximum atomic E-state index is 12.9. The first-order chi connectivity index (χ1) is 12.4. The van der Waals surface area contributed by atoms with E-state index in [9.17, 15) is 18.0 Å². The lowest BCUT2D eigenvalue weighted by Crippen LogP contribution is -2.15. The molecule has 0 aliphatic carbocycles. The first-order valence-corrected chi connectivity index (χ1v) is 7.51. The molecule has 26 heavy (non-hydrogen) atoms. The lowest BCUT2D eigenvalue weighted by molar-refractivity contribution is 0.102. The van der Waals surface area contributed by atoms with Crippen LogP contribution >= 0.6 is 0 Å². The maximum absolute atomic E-state index is 12.9. The highest BCUT2D eigenvalue weighted by Gasteiger charge is 2.13. The maximum Gasteiger partial charge on any atom is 0.274 e. The quantitative estimate of drug-likeness (QED) is 0.544. The molecule has 3 aromatic rings. The zero-order chi connectivity index (χ0) is 18.7. The topological polar surface area (TPSA) is 80.9 Å². The number of hydrogen-bond donors (Lipinski definition) is 2. The second-order valence-electron chi connectivity index (χ2n) is 5.40. The van der Waals surface area contributed by atoms with Crippen LogP contribution in [0.4, 0.5) is 24.5 Å². The number of nitrogen functional groups attached to an aromatic ring is 1. The Kier molecular flexibility index (Phi) is 4.83. The number of carbonyl (C=O) groups excluding carboxylic acids is 1. The van der Waals surface area contributed by atoms with E-state index >= 15 is 0 Å². The highest BCUT2D eigenvalue weighted by molar-refractivity contribution is 6.04. The summed E-state index contributed by atoms with van der Waals surface area (Å²) >= 11 is 0. The second-order valence-corrected chi connectivity index (χ2v) is 5.40. The Morgan fingerprint density at radius 1 is 1.00 bits per heavy atom. The molecule has 0 saturated heterocycles. The van der Waals surface area contributed by atoms with Crippen molar-refractivity contribution in [2.45, 2.75) is 6.43 Å². The number of halogens is 3. The van der Waals surface area contributed by atoms with Crippen molar-refractivity contribution < 1.29 is 18.0 Å². The van der Waals surface area contributed by atoms with Crippen LogP contribution in [0.3, 0.4) is 0 Å². The summed E-state index contributed by atoms with van der Waals surface area (Å²) in [5.74, 6) is -1.19. The number of benzene rings is 1. The van der Waals surface area contributed by atoms with Gasteiger partial charge in [-0.05, 0) is 42.0 Å². The molecule has 0 radical (unpaired) electrons. The van der Waals surface area contributed by atoms with Gasteiger partial charge in [0, 0.05) is 23.5 Å². The van der Waals surface area contributed by atoms with Crippen LogP contribution in [0.1, 0.15) is 22.5 Å². The van der Waals surface area contributed by atoms with E-state index in [2.05, 4.69) is 15.3 Å². The third-order valence-electron chi connectivity index (χ3n) is 3.63. The van der Waals surface area contributed by atoms with Crippen molar-refractivity contribution in [3.8, 4) is 11.1 Å². The number of nitrogens with two attached hydrogens (primary N) is 1. The van der Waals surface area contributed by atoms with Crippen molar-refractivity contribution >= 4 is 17.3 Å². The number of aromatic nitrogens is 2. The lowest BCUT2D eigenvalue weighted by atomic mass is 10.1. The molecule has 0 bridgehead atoms. The van der Waals surface area contributed by atoms with Crippen LogP contribution in [0.2, 0.25) is 0 Å². The molecule has 2 aromatic heterocycles. The Hall–Kier alpha value is -3.42. The lowest BCUT2D eigenvalue weighted by Gasteiger charge is -2.10. The third kappa shape index (κ3) is 3.80. The van der Waals surface area contributed by atoms with Gasteiger partial charge in [0.15, 0.2) is 0 Å². The summed E-state index contributed by atoms with van der Waals surface area (Å²) in [6.07, 6.45) is -0.350. The van der Waals surface area contributed by atoms with E-state index in [0.717, 1.165) is 12.3 Å². The van der Waals surface area contributed by atoms with Gasteiger partial charge in [0.25, 0.3) is 12.3 Å². The van der Waals surface area contributed by atoms with Gasteiger partial charge < -0.3 is 11.1 Å². The average Bonchev–Trinajstić information content (AvgIpc) is 2.64. The van der Waals surface area contributed by atoms with Gasteiger partial charge in [0.1, 0.15) is 5.69 Å². The van der Waals surface area contributed by atoms with Crippen molar-refractivity contribution in [3.63, 3.8) is 0 Å². The van der Waals surface area contributed by atoms with Gasteiger partial charge in [-0.3, -0.25) is 9.78 Å². The monoisotopic (exact) mass is 358 g/mol. The van der Waals surface area contributed by atoms with E-state index in [1.165, 1.54) is 18.3 Å². The van der Waals surface area contributed by atoms with Gasteiger partial charge in [0.2, 0.25) is 5.95 Å². The van der Waals surface area contributed by atoms with Gasteiger partial charge in [-0.15, -0.1) is 0 Å². The van der Waals surface area contributed by atoms with Crippen molar-refractivity contribution in [2.75, 3.05) is 11.1 Å². The Morgan fingerprint density at radius 3 is 2.38 bits per heavy atom. The molecule has 0 fully saturated rings. The predicted octanol–water partition coefficient (Wildman–Crippen LogP) is 4.05. The van der Waals surface area contributed by atoms with Crippen LogP contribution in [-0.4, -0.2) is 15.9 Å². The summed E-state index contributed by atoms with van der Waals surface area (Å²) in [6, 6.07) is 10.0. The smallest absolute Gasteiger partial charge is 0.274 e. The molecule has 0 saturated carbocycles. The van der Waals surface area contributed by atoms with Crippen LogP contribution < -0.4 is 11.1 Å². The number of amides is 1. The molecule has 5 nitrogen and oxygen atoms in total. The van der Waals surface area contributed by atoms with Crippen LogP contribution in [-0.2, 0) is 0 Å². The zero-order valence-electron chi connectivity index (χ0n) is 13.3. The largest absolute Gasteiger partial charge is 0.397 e. The number of pyridine rings is 2. The van der Waals surface area contributed by atoms with Gasteiger partial charge in [-0.2, -0.15) is 4.39 Å². The minimum atomic E-state index is -2.66. The molecule has 0 aliphatic rings. The van der Waals surface area contributed by atoms with Gasteiger partial charge in [0.05, 0.1) is 11.4 Å². The Balaban J connectivity index is 1.83. The highest BCUT2D eigenvalue weighted by atomic mass is 19.3. The van der Waals surface area contributed by atoms with Gasteiger partial charge in [-0.25, -0.2) is 13.8 Å². The molecule has 1 aromatic carbocycles. The van der Waals surface area contributed by atoms with Crippen molar-refractivity contribution in [3.05, 3.63) is 72.1 Å². The zero-order valence-corrected chi connectivity index (χ0v) is 13.3. The minimum absolute atomic E-state index is 0.0253. The van der Waals surface area contributed by atoms with Crippen LogP contribution in [0.5, 0.6) is 0 Å². The van der Waals surface area contributed by atoms with E-state index in [1.54, 1.807) is 24.3 Å². The van der Waals surface area contributed by atoms with Crippen LogP contribution in [0, 0.1) is 5.95 Å². The van der Waals surface area contributed by atoms with Gasteiger partial charge in [-0.1, -0.05) is 6.07 Å². The molecule has 8 heteroatoms. The molecule has 2 heterocycles. The molecule has 3 N–H and O–H groups in total. The summed E-state index contributed by atoms with van der Waals surface area (Å²) < 4.78 is 38.0. The Morgan fingerprint density at radius 2 is 1.77 bits per heavy atom. The molecule has 0 atom stereocenters. The SMILES string of the molecule is Nc1ccc(-c2ccc(F)nc2)cc1NC(=O)c1ccc(C(F)F)cn1. The summed E-state index contributed by atoms with van der Waals surface area (Å²) in [4.78, 5) is 19.6.